The van der Waals surface area contributed by atoms with E-state index in [9.17, 15) is 4.79 Å². The quantitative estimate of drug-likeness (QED) is 0.718. The first-order valence-electron chi connectivity index (χ1n) is 10.5. The molecule has 7 nitrogen and oxygen atoms in total. The van der Waals surface area contributed by atoms with E-state index < -0.39 is 5.41 Å². The van der Waals surface area contributed by atoms with Crippen LogP contribution in [-0.4, -0.2) is 70.1 Å². The van der Waals surface area contributed by atoms with E-state index in [0.717, 1.165) is 38.3 Å². The molecule has 2 saturated heterocycles. The molecule has 2 aliphatic heterocycles. The van der Waals surface area contributed by atoms with E-state index in [1.165, 1.54) is 5.56 Å². The molecule has 0 aromatic carbocycles. The van der Waals surface area contributed by atoms with Crippen LogP contribution in [0.4, 0.5) is 0 Å². The molecule has 0 radical (unpaired) electrons. The monoisotopic (exact) mass is 397 g/mol. The number of aromatic nitrogens is 3. The Morgan fingerprint density at radius 2 is 2.24 bits per heavy atom. The number of carbonyl (C=O) groups is 1. The average molecular weight is 398 g/mol. The van der Waals surface area contributed by atoms with Gasteiger partial charge >= 0.3 is 0 Å². The van der Waals surface area contributed by atoms with Crippen LogP contribution in [0.1, 0.15) is 43.5 Å². The topological polar surface area (TPSA) is 63.5 Å². The lowest BCUT2D eigenvalue weighted by atomic mass is 9.75. The molecule has 2 atom stereocenters. The van der Waals surface area contributed by atoms with Crippen molar-refractivity contribution in [2.24, 2.45) is 5.41 Å². The van der Waals surface area contributed by atoms with Gasteiger partial charge in [0.05, 0.1) is 24.0 Å². The van der Waals surface area contributed by atoms with Crippen LogP contribution in [0.25, 0.3) is 0 Å². The SMILES string of the molecule is COCCN1CCC2(CN(Cc3cccnc3)CC2c2cn(C(C)C)cn2)C1=O. The number of pyridine rings is 1. The third-order valence-corrected chi connectivity index (χ3v) is 6.42. The molecular formula is C22H31N5O2. The van der Waals surface area contributed by atoms with Crippen molar-refractivity contribution in [2.45, 2.75) is 38.8 Å². The summed E-state index contributed by atoms with van der Waals surface area (Å²) in [5, 5.41) is 0. The molecule has 2 aromatic heterocycles. The number of amides is 1. The zero-order valence-corrected chi connectivity index (χ0v) is 17.6. The van der Waals surface area contributed by atoms with E-state index in [-0.39, 0.29) is 11.8 Å². The zero-order chi connectivity index (χ0) is 20.4. The fourth-order valence-electron chi connectivity index (χ4n) is 4.81. The van der Waals surface area contributed by atoms with Crippen molar-refractivity contribution >= 4 is 5.91 Å². The highest BCUT2D eigenvalue weighted by atomic mass is 16.5. The standard InChI is InChI=1S/C22H31N5O2/c1-17(2)27-14-20(24-16-27)19-13-25(12-18-5-4-7-23-11-18)15-22(19)6-8-26(21(22)28)9-10-29-3/h4-5,7,11,14,16-17,19H,6,8-10,12-13,15H2,1-3H3. The number of carbonyl (C=O) groups excluding carboxylic acids is 1. The largest absolute Gasteiger partial charge is 0.383 e. The van der Waals surface area contributed by atoms with E-state index >= 15 is 0 Å². The molecule has 156 valence electrons. The van der Waals surface area contributed by atoms with Crippen molar-refractivity contribution in [1.82, 2.24) is 24.3 Å². The Kier molecular flexibility index (Phi) is 5.69. The number of imidazole rings is 1. The van der Waals surface area contributed by atoms with Gasteiger partial charge in [-0.15, -0.1) is 0 Å². The van der Waals surface area contributed by atoms with Gasteiger partial charge in [-0.3, -0.25) is 14.7 Å². The first-order valence-corrected chi connectivity index (χ1v) is 10.5. The molecule has 0 saturated carbocycles. The lowest BCUT2D eigenvalue weighted by Gasteiger charge is -2.28. The summed E-state index contributed by atoms with van der Waals surface area (Å²) in [6.07, 6.45) is 8.62. The van der Waals surface area contributed by atoms with Crippen LogP contribution in [0.2, 0.25) is 0 Å². The Morgan fingerprint density at radius 3 is 2.93 bits per heavy atom. The Hall–Kier alpha value is -2.25. The van der Waals surface area contributed by atoms with Gasteiger partial charge in [0, 0.05) is 70.4 Å². The number of rotatable bonds is 7. The van der Waals surface area contributed by atoms with Gasteiger partial charge in [0.2, 0.25) is 5.91 Å². The Morgan fingerprint density at radius 1 is 1.38 bits per heavy atom. The first-order chi connectivity index (χ1) is 14.0. The van der Waals surface area contributed by atoms with Crippen molar-refractivity contribution in [3.8, 4) is 0 Å². The molecule has 0 N–H and O–H groups in total. The third kappa shape index (κ3) is 3.81. The van der Waals surface area contributed by atoms with Gasteiger partial charge < -0.3 is 14.2 Å². The van der Waals surface area contributed by atoms with Gasteiger partial charge in [-0.1, -0.05) is 6.07 Å². The molecule has 2 aromatic rings. The highest BCUT2D eigenvalue weighted by Crippen LogP contribution is 2.49. The Labute approximate surface area is 172 Å². The second-order valence-corrected chi connectivity index (χ2v) is 8.61. The summed E-state index contributed by atoms with van der Waals surface area (Å²) in [5.74, 6) is 0.367. The van der Waals surface area contributed by atoms with Crippen molar-refractivity contribution in [3.05, 3.63) is 48.3 Å². The molecular weight excluding hydrogens is 366 g/mol. The van der Waals surface area contributed by atoms with Crippen LogP contribution in [0, 0.1) is 5.41 Å². The highest BCUT2D eigenvalue weighted by Gasteiger charge is 2.57. The normalized spacial score (nSPS) is 25.0. The maximum atomic E-state index is 13.6. The van der Waals surface area contributed by atoms with E-state index in [1.807, 2.05) is 23.5 Å². The Balaban J connectivity index is 1.61. The summed E-state index contributed by atoms with van der Waals surface area (Å²) in [4.78, 5) is 26.9. The summed E-state index contributed by atoms with van der Waals surface area (Å²) in [5.41, 5.74) is 1.82. The molecule has 29 heavy (non-hydrogen) atoms. The van der Waals surface area contributed by atoms with Gasteiger partial charge in [0.25, 0.3) is 0 Å². The lowest BCUT2D eigenvalue weighted by molar-refractivity contribution is -0.136. The fourth-order valence-corrected chi connectivity index (χ4v) is 4.81. The number of hydrogen-bond acceptors (Lipinski definition) is 5. The molecule has 4 rings (SSSR count). The number of nitrogens with zero attached hydrogens (tertiary/aromatic N) is 5. The smallest absolute Gasteiger partial charge is 0.230 e. The second-order valence-electron chi connectivity index (χ2n) is 8.61. The maximum absolute atomic E-state index is 13.6. The van der Waals surface area contributed by atoms with Gasteiger partial charge in [-0.05, 0) is 31.9 Å². The highest BCUT2D eigenvalue weighted by molar-refractivity contribution is 5.86. The maximum Gasteiger partial charge on any atom is 0.230 e. The molecule has 7 heteroatoms. The van der Waals surface area contributed by atoms with Crippen LogP contribution < -0.4 is 0 Å². The minimum absolute atomic E-state index is 0.110. The average Bonchev–Trinajstić information content (AvgIpc) is 3.41. The summed E-state index contributed by atoms with van der Waals surface area (Å²) >= 11 is 0. The van der Waals surface area contributed by atoms with Crippen LogP contribution in [0.15, 0.2) is 37.1 Å². The summed E-state index contributed by atoms with van der Waals surface area (Å²) < 4.78 is 7.35. The van der Waals surface area contributed by atoms with E-state index in [1.54, 1.807) is 13.3 Å². The first kappa shape index (κ1) is 20.0. The third-order valence-electron chi connectivity index (χ3n) is 6.42. The molecule has 4 heterocycles. The van der Waals surface area contributed by atoms with Crippen molar-refractivity contribution in [2.75, 3.05) is 39.9 Å². The number of hydrogen-bond donors (Lipinski definition) is 0. The van der Waals surface area contributed by atoms with Crippen LogP contribution >= 0.6 is 0 Å². The molecule has 2 fully saturated rings. The predicted molar refractivity (Wildman–Crippen MR) is 110 cm³/mol. The van der Waals surface area contributed by atoms with Gasteiger partial charge in [-0.25, -0.2) is 4.98 Å². The van der Waals surface area contributed by atoms with Crippen molar-refractivity contribution in [1.29, 1.82) is 0 Å². The van der Waals surface area contributed by atoms with E-state index in [4.69, 9.17) is 9.72 Å². The molecule has 2 unspecified atom stereocenters. The second kappa shape index (κ2) is 8.24. The predicted octanol–water partition coefficient (Wildman–Crippen LogP) is 2.32. The van der Waals surface area contributed by atoms with E-state index in [2.05, 4.69) is 40.6 Å². The summed E-state index contributed by atoms with van der Waals surface area (Å²) in [6, 6.07) is 4.43. The summed E-state index contributed by atoms with van der Waals surface area (Å²) in [7, 11) is 1.68. The minimum atomic E-state index is -0.397. The van der Waals surface area contributed by atoms with Gasteiger partial charge in [-0.2, -0.15) is 0 Å². The number of ether oxygens (including phenoxy) is 1. The summed E-state index contributed by atoms with van der Waals surface area (Å²) in [6.45, 7) is 8.75. The zero-order valence-electron chi connectivity index (χ0n) is 17.6. The van der Waals surface area contributed by atoms with Crippen LogP contribution in [0.3, 0.4) is 0 Å². The number of likely N-dealkylation sites (tertiary alicyclic amines) is 2. The minimum Gasteiger partial charge on any atom is -0.383 e. The number of methoxy groups -OCH3 is 1. The Bertz CT molecular complexity index is 837. The molecule has 0 aliphatic carbocycles. The molecule has 1 spiro atoms. The molecule has 0 bridgehead atoms. The fraction of sp³-hybridized carbons (Fsp3) is 0.591. The lowest BCUT2D eigenvalue weighted by Crippen LogP contribution is -2.40. The molecule has 2 aliphatic rings. The van der Waals surface area contributed by atoms with Crippen LogP contribution in [0.5, 0.6) is 0 Å². The van der Waals surface area contributed by atoms with Crippen LogP contribution in [-0.2, 0) is 16.1 Å². The van der Waals surface area contributed by atoms with Crippen molar-refractivity contribution in [3.63, 3.8) is 0 Å². The van der Waals surface area contributed by atoms with E-state index in [0.29, 0.717) is 19.2 Å². The van der Waals surface area contributed by atoms with Gasteiger partial charge in [0.1, 0.15) is 0 Å². The molecule has 1 amide bonds. The van der Waals surface area contributed by atoms with Crippen molar-refractivity contribution < 1.29 is 9.53 Å². The van der Waals surface area contributed by atoms with Gasteiger partial charge in [0.15, 0.2) is 0 Å².